The third-order valence-electron chi connectivity index (χ3n) is 6.24. The first kappa shape index (κ1) is 22.1. The Balaban J connectivity index is 1.52. The molecule has 1 saturated carbocycles. The Hall–Kier alpha value is -2.06. The van der Waals surface area contributed by atoms with Crippen molar-refractivity contribution in [2.45, 2.75) is 24.7 Å². The summed E-state index contributed by atoms with van der Waals surface area (Å²) in [7, 11) is 0. The molecule has 166 valence electrons. The summed E-state index contributed by atoms with van der Waals surface area (Å²) in [6, 6.07) is 10.7. The number of carbonyl (C=O) groups is 1. The summed E-state index contributed by atoms with van der Waals surface area (Å²) < 4.78 is 60.1. The fourth-order valence-electron chi connectivity index (χ4n) is 4.43. The molecule has 2 fully saturated rings. The molecule has 2 aromatic carbocycles. The molecule has 1 heterocycles. The van der Waals surface area contributed by atoms with Gasteiger partial charge < -0.3 is 4.90 Å². The molecule has 1 N–H and O–H groups in total. The number of alkyl halides is 2. The van der Waals surface area contributed by atoms with E-state index in [2.05, 4.69) is 4.72 Å². The minimum atomic E-state index is -2.81. The van der Waals surface area contributed by atoms with Gasteiger partial charge >= 0.3 is 0 Å². The van der Waals surface area contributed by atoms with Gasteiger partial charge in [0.2, 0.25) is 5.91 Å². The van der Waals surface area contributed by atoms with Crippen LogP contribution in [0.3, 0.4) is 0 Å². The van der Waals surface area contributed by atoms with E-state index in [4.69, 9.17) is 0 Å². The van der Waals surface area contributed by atoms with E-state index in [9.17, 15) is 22.4 Å². The van der Waals surface area contributed by atoms with Gasteiger partial charge in [0, 0.05) is 32.0 Å². The summed E-state index contributed by atoms with van der Waals surface area (Å²) in [5.41, 5.74) is 1.05. The van der Waals surface area contributed by atoms with Crippen molar-refractivity contribution in [2.24, 2.45) is 11.8 Å². The van der Waals surface area contributed by atoms with Gasteiger partial charge in [-0.05, 0) is 41.9 Å². The van der Waals surface area contributed by atoms with E-state index < -0.39 is 23.5 Å². The van der Waals surface area contributed by atoms with Gasteiger partial charge in [-0.1, -0.05) is 42.3 Å². The van der Waals surface area contributed by atoms with Crippen molar-refractivity contribution < 1.29 is 22.4 Å². The van der Waals surface area contributed by atoms with Crippen LogP contribution in [0.5, 0.6) is 0 Å². The fraction of sp³-hybridized carbons (Fsp3) is 0.435. The minimum Gasteiger partial charge on any atom is -0.342 e. The van der Waals surface area contributed by atoms with Crippen LogP contribution in [0.1, 0.15) is 24.3 Å². The predicted molar refractivity (Wildman–Crippen MR) is 114 cm³/mol. The van der Waals surface area contributed by atoms with Crippen LogP contribution in [0.4, 0.5) is 17.6 Å². The summed E-state index contributed by atoms with van der Waals surface area (Å²) in [4.78, 5) is 14.6. The highest BCUT2D eigenvalue weighted by molar-refractivity contribution is 7.96. The summed E-state index contributed by atoms with van der Waals surface area (Å²) in [5, 5.41) is 0. The molecular weight excluding hydrogens is 428 g/mol. The molecule has 8 heteroatoms. The molecular formula is C23H24F4N2OS. The maximum atomic E-state index is 14.4. The smallest absolute Gasteiger partial charge is 0.255 e. The number of hydrogen-bond acceptors (Lipinski definition) is 3. The highest BCUT2D eigenvalue weighted by atomic mass is 32.2. The lowest BCUT2D eigenvalue weighted by Crippen LogP contribution is -2.52. The van der Waals surface area contributed by atoms with Crippen molar-refractivity contribution in [1.82, 2.24) is 9.62 Å². The minimum absolute atomic E-state index is 0.00615. The van der Waals surface area contributed by atoms with E-state index in [0.717, 1.165) is 0 Å². The van der Waals surface area contributed by atoms with Crippen molar-refractivity contribution >= 4 is 17.9 Å². The van der Waals surface area contributed by atoms with Crippen molar-refractivity contribution in [3.8, 4) is 11.1 Å². The molecule has 0 radical (unpaired) electrons. The number of benzene rings is 2. The molecule has 0 aromatic heterocycles. The van der Waals surface area contributed by atoms with Gasteiger partial charge in [0.15, 0.2) is 0 Å². The lowest BCUT2D eigenvalue weighted by molar-refractivity contribution is -0.146. The van der Waals surface area contributed by atoms with Crippen LogP contribution in [-0.4, -0.2) is 42.6 Å². The second-order valence-corrected chi connectivity index (χ2v) is 8.87. The molecule has 1 saturated heterocycles. The van der Waals surface area contributed by atoms with Crippen LogP contribution < -0.4 is 4.72 Å². The molecule has 2 aromatic rings. The molecule has 31 heavy (non-hydrogen) atoms. The number of nitrogens with zero attached hydrogens (tertiary/aromatic N) is 1. The third-order valence-corrected chi connectivity index (χ3v) is 6.69. The topological polar surface area (TPSA) is 32.3 Å². The predicted octanol–water partition coefficient (Wildman–Crippen LogP) is 5.09. The molecule has 2 aliphatic rings. The van der Waals surface area contributed by atoms with E-state index in [1.165, 1.54) is 35.0 Å². The van der Waals surface area contributed by atoms with Crippen molar-refractivity contribution in [1.29, 1.82) is 0 Å². The number of likely N-dealkylation sites (tertiary alicyclic amines) is 1. The van der Waals surface area contributed by atoms with Crippen LogP contribution in [0.2, 0.25) is 0 Å². The zero-order chi connectivity index (χ0) is 22.2. The van der Waals surface area contributed by atoms with E-state index >= 15 is 0 Å². The van der Waals surface area contributed by atoms with Crippen LogP contribution in [0.15, 0.2) is 42.5 Å². The fourth-order valence-corrected chi connectivity index (χ4v) is 4.79. The lowest BCUT2D eigenvalue weighted by Gasteiger charge is -2.38. The number of halogens is 4. The number of nitrogens with one attached hydrogen (secondary N) is 1. The van der Waals surface area contributed by atoms with Crippen molar-refractivity contribution in [3.63, 3.8) is 0 Å². The number of hydrogen-bond donors (Lipinski definition) is 1. The van der Waals surface area contributed by atoms with E-state index in [0.29, 0.717) is 17.5 Å². The van der Waals surface area contributed by atoms with Crippen LogP contribution in [0, 0.1) is 23.5 Å². The Kier molecular flexibility index (Phi) is 6.30. The Morgan fingerprint density at radius 2 is 1.87 bits per heavy atom. The van der Waals surface area contributed by atoms with Gasteiger partial charge in [-0.25, -0.2) is 17.6 Å². The summed E-state index contributed by atoms with van der Waals surface area (Å²) >= 11 is 1.28. The van der Waals surface area contributed by atoms with E-state index in [-0.39, 0.29) is 49.4 Å². The Morgan fingerprint density at radius 3 is 2.58 bits per heavy atom. The molecule has 0 spiro atoms. The first-order valence-corrected chi connectivity index (χ1v) is 11.5. The molecule has 1 aliphatic carbocycles. The number of amides is 1. The largest absolute Gasteiger partial charge is 0.342 e. The normalized spacial score (nSPS) is 24.8. The SMILES string of the molecule is CSNCC1CN(C(=O)C2CC2c2ccccc2-c2c(F)cccc2F)CCC1(F)F. The zero-order valence-electron chi connectivity index (χ0n) is 17.1. The third kappa shape index (κ3) is 4.46. The van der Waals surface area contributed by atoms with Gasteiger partial charge in [-0.15, -0.1) is 0 Å². The Bertz CT molecular complexity index is 950. The first-order chi connectivity index (χ1) is 14.8. The van der Waals surface area contributed by atoms with Crippen LogP contribution >= 0.6 is 11.9 Å². The van der Waals surface area contributed by atoms with E-state index in [1.54, 1.807) is 30.5 Å². The van der Waals surface area contributed by atoms with Crippen LogP contribution in [0.25, 0.3) is 11.1 Å². The Labute approximate surface area is 183 Å². The van der Waals surface area contributed by atoms with Crippen molar-refractivity contribution in [2.75, 3.05) is 25.9 Å². The quantitative estimate of drug-likeness (QED) is 0.490. The van der Waals surface area contributed by atoms with Crippen molar-refractivity contribution in [3.05, 3.63) is 59.7 Å². The molecule has 3 unspecified atom stereocenters. The molecule has 0 bridgehead atoms. The molecule has 1 amide bonds. The maximum absolute atomic E-state index is 14.4. The standard InChI is InChI=1S/C23H24F4N2OS/c1-31-28-12-14-13-29(10-9-23(14,26)27)22(30)18-11-17(18)15-5-2-3-6-16(15)21-19(24)7-4-8-20(21)25/h2-8,14,17-18,28H,9-13H2,1H3. The highest BCUT2D eigenvalue weighted by Gasteiger charge is 2.50. The summed E-state index contributed by atoms with van der Waals surface area (Å²) in [5.74, 6) is -5.73. The number of rotatable bonds is 6. The van der Waals surface area contributed by atoms with Gasteiger partial charge in [0.05, 0.1) is 11.5 Å². The lowest BCUT2D eigenvalue weighted by atomic mass is 9.92. The number of piperidine rings is 1. The average Bonchev–Trinajstić information content (AvgIpc) is 3.53. The summed E-state index contributed by atoms with van der Waals surface area (Å²) in [6.07, 6.45) is 1.97. The zero-order valence-corrected chi connectivity index (χ0v) is 17.9. The number of carbonyl (C=O) groups excluding carboxylic acids is 1. The molecule has 3 nitrogen and oxygen atoms in total. The molecule has 1 aliphatic heterocycles. The van der Waals surface area contributed by atoms with Gasteiger partial charge in [0.25, 0.3) is 5.92 Å². The Morgan fingerprint density at radius 1 is 1.16 bits per heavy atom. The molecule has 4 rings (SSSR count). The average molecular weight is 453 g/mol. The maximum Gasteiger partial charge on any atom is 0.255 e. The second-order valence-electron chi connectivity index (χ2n) is 8.18. The first-order valence-electron chi connectivity index (χ1n) is 10.3. The second kappa shape index (κ2) is 8.82. The monoisotopic (exact) mass is 452 g/mol. The van der Waals surface area contributed by atoms with Gasteiger partial charge in [0.1, 0.15) is 11.6 Å². The van der Waals surface area contributed by atoms with Crippen LogP contribution in [-0.2, 0) is 4.79 Å². The van der Waals surface area contributed by atoms with Gasteiger partial charge in [-0.2, -0.15) is 0 Å². The molecule has 3 atom stereocenters. The van der Waals surface area contributed by atoms with Gasteiger partial charge in [-0.3, -0.25) is 9.52 Å². The van der Waals surface area contributed by atoms with E-state index in [1.807, 2.05) is 0 Å². The summed E-state index contributed by atoms with van der Waals surface area (Å²) in [6.45, 7) is 0.155. The highest BCUT2D eigenvalue weighted by Crippen LogP contribution is 2.52.